The Labute approximate surface area is 125 Å². The fourth-order valence-corrected chi connectivity index (χ4v) is 2.53. The molecule has 0 spiro atoms. The highest BCUT2D eigenvalue weighted by atomic mass is 35.5. The van der Waals surface area contributed by atoms with Gasteiger partial charge < -0.3 is 0 Å². The third-order valence-electron chi connectivity index (χ3n) is 2.50. The van der Waals surface area contributed by atoms with Crippen molar-refractivity contribution in [2.24, 2.45) is 0 Å². The lowest BCUT2D eigenvalue weighted by Gasteiger charge is -2.20. The summed E-state index contributed by atoms with van der Waals surface area (Å²) in [5, 5.41) is 8.30. The van der Waals surface area contributed by atoms with Crippen molar-refractivity contribution >= 4 is 34.8 Å². The number of nitrogens with zero attached hydrogens (tertiary/aromatic N) is 3. The van der Waals surface area contributed by atoms with Crippen LogP contribution in [0.15, 0.2) is 12.1 Å². The molecule has 1 aromatic heterocycles. The van der Waals surface area contributed by atoms with Crippen LogP contribution in [0, 0.1) is 5.82 Å². The van der Waals surface area contributed by atoms with Gasteiger partial charge in [0.1, 0.15) is 11.6 Å². The summed E-state index contributed by atoms with van der Waals surface area (Å²) < 4.78 is 14.8. The molecule has 0 unspecified atom stereocenters. The first-order chi connectivity index (χ1) is 8.71. The van der Waals surface area contributed by atoms with Gasteiger partial charge >= 0.3 is 0 Å². The predicted molar refractivity (Wildman–Crippen MR) is 75.0 cm³/mol. The van der Waals surface area contributed by atoms with Gasteiger partial charge in [0.25, 0.3) is 0 Å². The molecule has 3 nitrogen and oxygen atoms in total. The molecule has 19 heavy (non-hydrogen) atoms. The minimum absolute atomic E-state index is 0.125. The minimum atomic E-state index is -0.514. The summed E-state index contributed by atoms with van der Waals surface area (Å²) in [5.41, 5.74) is 0.0610. The lowest BCUT2D eigenvalue weighted by Crippen LogP contribution is -2.18. The van der Waals surface area contributed by atoms with E-state index in [1.807, 2.05) is 20.8 Å². The molecule has 0 radical (unpaired) electrons. The molecule has 2 rings (SSSR count). The second-order valence-electron chi connectivity index (χ2n) is 5.10. The average molecular weight is 323 g/mol. The van der Waals surface area contributed by atoms with Crippen molar-refractivity contribution in [1.82, 2.24) is 14.8 Å². The maximum absolute atomic E-state index is 13.2. The highest BCUT2D eigenvalue weighted by molar-refractivity contribution is 6.38. The van der Waals surface area contributed by atoms with E-state index in [0.717, 1.165) is 0 Å². The van der Waals surface area contributed by atoms with Crippen LogP contribution in [0.5, 0.6) is 0 Å². The third kappa shape index (κ3) is 2.71. The van der Waals surface area contributed by atoms with Crippen LogP contribution < -0.4 is 0 Å². The van der Waals surface area contributed by atoms with Gasteiger partial charge in [-0.1, -0.05) is 44.0 Å². The molecule has 102 valence electrons. The van der Waals surface area contributed by atoms with E-state index >= 15 is 0 Å². The Morgan fingerprint density at radius 1 is 1.05 bits per heavy atom. The molecule has 0 aliphatic heterocycles. The van der Waals surface area contributed by atoms with Gasteiger partial charge in [-0.25, -0.2) is 4.39 Å². The zero-order valence-corrected chi connectivity index (χ0v) is 12.8. The van der Waals surface area contributed by atoms with E-state index in [0.29, 0.717) is 11.5 Å². The van der Waals surface area contributed by atoms with Crippen LogP contribution in [0.3, 0.4) is 0 Å². The zero-order chi connectivity index (χ0) is 14.4. The van der Waals surface area contributed by atoms with Crippen molar-refractivity contribution in [3.05, 3.63) is 39.1 Å². The molecule has 1 aromatic carbocycles. The molecule has 0 N–H and O–H groups in total. The Hall–Kier alpha value is -0.840. The van der Waals surface area contributed by atoms with E-state index in [1.54, 1.807) is 0 Å². The Morgan fingerprint density at radius 2 is 1.58 bits per heavy atom. The van der Waals surface area contributed by atoms with E-state index in [9.17, 15) is 4.39 Å². The van der Waals surface area contributed by atoms with Crippen molar-refractivity contribution in [2.45, 2.75) is 26.2 Å². The molecule has 0 aliphatic rings. The molecule has 0 saturated carbocycles. The van der Waals surface area contributed by atoms with E-state index in [4.69, 9.17) is 34.8 Å². The smallest absolute Gasteiger partial charge is 0.229 e. The average Bonchev–Trinajstić information content (AvgIpc) is 2.59. The molecular weight excluding hydrogens is 312 g/mol. The van der Waals surface area contributed by atoms with Crippen LogP contribution in [0.25, 0.3) is 5.69 Å². The first-order valence-corrected chi connectivity index (χ1v) is 6.61. The van der Waals surface area contributed by atoms with Gasteiger partial charge in [-0.2, -0.15) is 0 Å². The molecular formula is C12H11Cl3FN3. The van der Waals surface area contributed by atoms with Gasteiger partial charge in [0.15, 0.2) is 0 Å². The molecule has 0 atom stereocenters. The second-order valence-corrected chi connectivity index (χ2v) is 6.25. The molecule has 0 saturated heterocycles. The van der Waals surface area contributed by atoms with E-state index in [-0.39, 0.29) is 20.7 Å². The van der Waals surface area contributed by atoms with Gasteiger partial charge in [0.2, 0.25) is 5.28 Å². The summed E-state index contributed by atoms with van der Waals surface area (Å²) in [6.07, 6.45) is 0. The Morgan fingerprint density at radius 3 is 2.05 bits per heavy atom. The van der Waals surface area contributed by atoms with Gasteiger partial charge in [-0.05, 0) is 23.7 Å². The molecule has 7 heteroatoms. The Balaban J connectivity index is 2.77. The summed E-state index contributed by atoms with van der Waals surface area (Å²) >= 11 is 18.2. The van der Waals surface area contributed by atoms with Gasteiger partial charge in [0.05, 0.1) is 15.7 Å². The number of aromatic nitrogens is 3. The SMILES string of the molecule is CC(C)(C)c1nnc(Cl)n1-c1c(Cl)cc(F)cc1Cl. The highest BCUT2D eigenvalue weighted by Gasteiger charge is 2.26. The first-order valence-electron chi connectivity index (χ1n) is 5.48. The quantitative estimate of drug-likeness (QED) is 0.764. The largest absolute Gasteiger partial charge is 0.266 e. The molecule has 0 fully saturated rings. The fraction of sp³-hybridized carbons (Fsp3) is 0.333. The van der Waals surface area contributed by atoms with Crippen LogP contribution in [0.1, 0.15) is 26.6 Å². The predicted octanol–water partition coefficient (Wildman–Crippen LogP) is 4.66. The minimum Gasteiger partial charge on any atom is -0.266 e. The summed E-state index contributed by atoms with van der Waals surface area (Å²) in [6.45, 7) is 5.86. The number of hydrogen-bond acceptors (Lipinski definition) is 2. The molecule has 0 aliphatic carbocycles. The zero-order valence-electron chi connectivity index (χ0n) is 10.5. The molecule has 0 bridgehead atoms. The maximum Gasteiger partial charge on any atom is 0.229 e. The highest BCUT2D eigenvalue weighted by Crippen LogP contribution is 2.35. The van der Waals surface area contributed by atoms with Gasteiger partial charge in [-0.3, -0.25) is 4.57 Å². The standard InChI is InChI=1S/C12H11Cl3FN3/c1-12(2,3)10-17-18-11(15)19(10)9-7(13)4-6(16)5-8(9)14/h4-5H,1-3H3. The maximum atomic E-state index is 13.2. The van der Waals surface area contributed by atoms with Crippen molar-refractivity contribution in [3.63, 3.8) is 0 Å². The lowest BCUT2D eigenvalue weighted by molar-refractivity contribution is 0.533. The van der Waals surface area contributed by atoms with E-state index in [2.05, 4.69) is 10.2 Å². The number of rotatable bonds is 1. The number of benzene rings is 1. The summed E-state index contributed by atoms with van der Waals surface area (Å²) in [7, 11) is 0. The Kier molecular flexibility index (Phi) is 3.78. The normalized spacial score (nSPS) is 11.9. The molecule has 2 aromatic rings. The first kappa shape index (κ1) is 14.6. The second kappa shape index (κ2) is 4.93. The van der Waals surface area contributed by atoms with E-state index in [1.165, 1.54) is 16.7 Å². The third-order valence-corrected chi connectivity index (χ3v) is 3.32. The molecule has 0 amide bonds. The monoisotopic (exact) mass is 321 g/mol. The van der Waals surface area contributed by atoms with Crippen LogP contribution in [-0.4, -0.2) is 14.8 Å². The summed E-state index contributed by atoms with van der Waals surface area (Å²) in [6, 6.07) is 2.34. The van der Waals surface area contributed by atoms with Crippen molar-refractivity contribution in [2.75, 3.05) is 0 Å². The van der Waals surface area contributed by atoms with Gasteiger partial charge in [0, 0.05) is 5.41 Å². The van der Waals surface area contributed by atoms with Crippen LogP contribution in [0.2, 0.25) is 15.3 Å². The van der Waals surface area contributed by atoms with Crippen LogP contribution in [-0.2, 0) is 5.41 Å². The topological polar surface area (TPSA) is 30.7 Å². The van der Waals surface area contributed by atoms with Gasteiger partial charge in [-0.15, -0.1) is 10.2 Å². The summed E-state index contributed by atoms with van der Waals surface area (Å²) in [5.74, 6) is 0.0770. The molecule has 1 heterocycles. The lowest BCUT2D eigenvalue weighted by atomic mass is 9.95. The van der Waals surface area contributed by atoms with Crippen molar-refractivity contribution in [3.8, 4) is 5.69 Å². The van der Waals surface area contributed by atoms with Crippen LogP contribution in [0.4, 0.5) is 4.39 Å². The van der Waals surface area contributed by atoms with Crippen molar-refractivity contribution in [1.29, 1.82) is 0 Å². The fourth-order valence-electron chi connectivity index (χ4n) is 1.70. The van der Waals surface area contributed by atoms with Crippen LogP contribution >= 0.6 is 34.8 Å². The van der Waals surface area contributed by atoms with Crippen molar-refractivity contribution < 1.29 is 4.39 Å². The summed E-state index contributed by atoms with van der Waals surface area (Å²) in [4.78, 5) is 0. The van der Waals surface area contributed by atoms with E-state index < -0.39 is 5.82 Å². The Bertz CT molecular complexity index is 609. The number of hydrogen-bond donors (Lipinski definition) is 0. The number of halogens is 4.